The molecule has 0 saturated heterocycles. The van der Waals surface area contributed by atoms with E-state index in [1.165, 1.54) is 22.9 Å². The maximum absolute atomic E-state index is 13.7. The minimum atomic E-state index is -4.72. The molecule has 0 radical (unpaired) electrons. The Morgan fingerprint density at radius 1 is 0.618 bits per heavy atom. The van der Waals surface area contributed by atoms with E-state index in [4.69, 9.17) is 11.5 Å². The molecule has 0 aliphatic rings. The normalized spacial score (nSPS) is 11.8. The molecule has 4 nitrogen and oxygen atoms in total. The predicted molar refractivity (Wildman–Crippen MR) is 114 cm³/mol. The predicted octanol–water partition coefficient (Wildman–Crippen LogP) is 7.10. The van der Waals surface area contributed by atoms with Gasteiger partial charge in [-0.25, -0.2) is 18.7 Å². The Morgan fingerprint density at radius 3 is 1.24 bits per heavy atom. The van der Waals surface area contributed by atoms with Crippen molar-refractivity contribution in [3.05, 3.63) is 69.9 Å². The van der Waals surface area contributed by atoms with E-state index in [0.29, 0.717) is 12.1 Å². The van der Waals surface area contributed by atoms with Gasteiger partial charge in [0, 0.05) is 21.9 Å². The topological polar surface area (TPSA) is 77.8 Å². The number of nitrogens with zero attached hydrogens (tertiary/aromatic N) is 2. The Hall–Kier alpha value is -3.26. The first kappa shape index (κ1) is 25.4. The number of halogens is 8. The molecule has 4 rings (SSSR count). The smallest absolute Gasteiger partial charge is 0.375 e. The molecule has 2 heterocycles. The number of rotatable bonds is 2. The fourth-order valence-corrected chi connectivity index (χ4v) is 3.85. The summed E-state index contributed by atoms with van der Waals surface area (Å²) in [6, 6.07) is 6.12. The number of alkyl halides is 6. The second-order valence-corrected chi connectivity index (χ2v) is 8.25. The van der Waals surface area contributed by atoms with E-state index in [1.807, 2.05) is 0 Å². The van der Waals surface area contributed by atoms with Crippen LogP contribution in [0.25, 0.3) is 22.5 Å². The van der Waals surface area contributed by atoms with E-state index in [2.05, 4.69) is 9.97 Å². The highest BCUT2D eigenvalue weighted by molar-refractivity contribution is 7.14. The van der Waals surface area contributed by atoms with Gasteiger partial charge in [0.25, 0.3) is 0 Å². The van der Waals surface area contributed by atoms with E-state index in [0.717, 1.165) is 34.8 Å². The molecule has 0 amide bonds. The summed E-state index contributed by atoms with van der Waals surface area (Å²) in [7, 11) is 0. The van der Waals surface area contributed by atoms with Crippen molar-refractivity contribution >= 4 is 32.9 Å². The summed E-state index contributed by atoms with van der Waals surface area (Å²) in [5.41, 5.74) is 7.91. The highest BCUT2D eigenvalue weighted by atomic mass is 32.1. The number of nitrogens with two attached hydrogens (primary N) is 2. The Bertz CT molecular complexity index is 1190. The van der Waals surface area contributed by atoms with Gasteiger partial charge in [-0.05, 0) is 24.3 Å². The third-order valence-corrected chi connectivity index (χ3v) is 5.55. The van der Waals surface area contributed by atoms with Crippen LogP contribution in [0.2, 0.25) is 0 Å². The molecular formula is C20H12F8N4S2. The van der Waals surface area contributed by atoms with Crippen molar-refractivity contribution in [3.8, 4) is 22.5 Å². The minimum absolute atomic E-state index is 0.108. The monoisotopic (exact) mass is 524 g/mol. The summed E-state index contributed by atoms with van der Waals surface area (Å²) in [6.07, 6.45) is -9.44. The zero-order chi connectivity index (χ0) is 25.3. The quantitative estimate of drug-likeness (QED) is 0.274. The number of hydrogen-bond acceptors (Lipinski definition) is 6. The van der Waals surface area contributed by atoms with Crippen LogP contribution in [0.15, 0.2) is 47.2 Å². The van der Waals surface area contributed by atoms with Gasteiger partial charge in [-0.1, -0.05) is 12.1 Å². The van der Waals surface area contributed by atoms with Crippen molar-refractivity contribution in [3.63, 3.8) is 0 Å². The SMILES string of the molecule is Nc1nc(-c2cccc(C(F)(F)F)c2F)cs1.Nc1nc(-c2cccc(C(F)(F)F)c2F)cs1. The molecule has 4 aromatic rings. The molecule has 2 aromatic carbocycles. The maximum atomic E-state index is 13.7. The second kappa shape index (κ2) is 9.54. The van der Waals surface area contributed by atoms with Gasteiger partial charge >= 0.3 is 12.4 Å². The third kappa shape index (κ3) is 5.62. The zero-order valence-electron chi connectivity index (χ0n) is 16.5. The average Bonchev–Trinajstić information content (AvgIpc) is 3.35. The lowest BCUT2D eigenvalue weighted by atomic mass is 10.1. The van der Waals surface area contributed by atoms with E-state index in [-0.39, 0.29) is 32.8 Å². The van der Waals surface area contributed by atoms with Crippen LogP contribution < -0.4 is 11.5 Å². The molecule has 0 aliphatic carbocycles. The van der Waals surface area contributed by atoms with Crippen molar-refractivity contribution in [2.24, 2.45) is 0 Å². The van der Waals surface area contributed by atoms with Crippen molar-refractivity contribution in [1.29, 1.82) is 0 Å². The molecule has 2 aromatic heterocycles. The van der Waals surface area contributed by atoms with Crippen LogP contribution in [0.5, 0.6) is 0 Å². The largest absolute Gasteiger partial charge is 0.419 e. The van der Waals surface area contributed by atoms with Crippen LogP contribution >= 0.6 is 22.7 Å². The molecule has 14 heteroatoms. The van der Waals surface area contributed by atoms with Crippen LogP contribution in [-0.4, -0.2) is 9.97 Å². The van der Waals surface area contributed by atoms with Crippen LogP contribution in [0.1, 0.15) is 11.1 Å². The van der Waals surface area contributed by atoms with Gasteiger partial charge in [-0.2, -0.15) is 26.3 Å². The number of hydrogen-bond donors (Lipinski definition) is 2. The summed E-state index contributed by atoms with van der Waals surface area (Å²) in [6.45, 7) is 0. The Morgan fingerprint density at radius 2 is 0.971 bits per heavy atom. The number of aromatic nitrogens is 2. The number of anilines is 2. The maximum Gasteiger partial charge on any atom is 0.419 e. The molecule has 0 spiro atoms. The van der Waals surface area contributed by atoms with Gasteiger partial charge in [0.15, 0.2) is 10.3 Å². The zero-order valence-corrected chi connectivity index (χ0v) is 18.1. The summed E-state index contributed by atoms with van der Waals surface area (Å²) < 4.78 is 102. The molecule has 34 heavy (non-hydrogen) atoms. The highest BCUT2D eigenvalue weighted by Crippen LogP contribution is 2.37. The molecule has 180 valence electrons. The van der Waals surface area contributed by atoms with Crippen LogP contribution in [0.3, 0.4) is 0 Å². The molecule has 0 unspecified atom stereocenters. The summed E-state index contributed by atoms with van der Waals surface area (Å²) in [4.78, 5) is 7.51. The van der Waals surface area contributed by atoms with Crippen LogP contribution in [0.4, 0.5) is 45.4 Å². The van der Waals surface area contributed by atoms with E-state index >= 15 is 0 Å². The van der Waals surface area contributed by atoms with Gasteiger partial charge in [-0.15, -0.1) is 22.7 Å². The molecule has 0 bridgehead atoms. The first-order valence-corrected chi connectivity index (χ1v) is 10.7. The molecule has 0 fully saturated rings. The lowest BCUT2D eigenvalue weighted by Gasteiger charge is -2.09. The molecule has 0 atom stereocenters. The lowest BCUT2D eigenvalue weighted by molar-refractivity contribution is -0.140. The molecular weight excluding hydrogens is 512 g/mol. The Kier molecular flexibility index (Phi) is 7.12. The highest BCUT2D eigenvalue weighted by Gasteiger charge is 2.36. The van der Waals surface area contributed by atoms with Crippen molar-refractivity contribution in [1.82, 2.24) is 9.97 Å². The number of thiazole rings is 2. The van der Waals surface area contributed by atoms with Crippen molar-refractivity contribution < 1.29 is 35.1 Å². The Labute approximate surface area is 194 Å². The van der Waals surface area contributed by atoms with Gasteiger partial charge in [-0.3, -0.25) is 0 Å². The first-order valence-electron chi connectivity index (χ1n) is 8.93. The fourth-order valence-electron chi connectivity index (χ4n) is 2.72. The fraction of sp³-hybridized carbons (Fsp3) is 0.100. The molecule has 0 aliphatic heterocycles. The molecule has 4 N–H and O–H groups in total. The minimum Gasteiger partial charge on any atom is -0.375 e. The Balaban J connectivity index is 0.000000191. The van der Waals surface area contributed by atoms with Crippen molar-refractivity contribution in [2.45, 2.75) is 12.4 Å². The third-order valence-electron chi connectivity index (χ3n) is 4.20. The number of benzene rings is 2. The number of nitrogen functional groups attached to an aromatic ring is 2. The second-order valence-electron chi connectivity index (χ2n) is 6.47. The van der Waals surface area contributed by atoms with Crippen LogP contribution in [0, 0.1) is 11.6 Å². The van der Waals surface area contributed by atoms with Gasteiger partial charge in [0.2, 0.25) is 0 Å². The van der Waals surface area contributed by atoms with E-state index < -0.39 is 35.1 Å². The molecule has 0 saturated carbocycles. The van der Waals surface area contributed by atoms with Crippen LogP contribution in [-0.2, 0) is 12.4 Å². The lowest BCUT2D eigenvalue weighted by Crippen LogP contribution is -2.08. The van der Waals surface area contributed by atoms with E-state index in [9.17, 15) is 35.1 Å². The summed E-state index contributed by atoms with van der Waals surface area (Å²) in [5, 5.41) is 3.18. The average molecular weight is 524 g/mol. The summed E-state index contributed by atoms with van der Waals surface area (Å²) in [5.74, 6) is -2.66. The van der Waals surface area contributed by atoms with Gasteiger partial charge in [0.05, 0.1) is 22.5 Å². The summed E-state index contributed by atoms with van der Waals surface area (Å²) >= 11 is 2.08. The van der Waals surface area contributed by atoms with Gasteiger partial charge in [0.1, 0.15) is 11.6 Å². The standard InChI is InChI=1S/2C10H6F4N2S/c2*11-8-5(7-4-17-9(15)16-7)2-1-3-6(8)10(12,13)14/h2*1-4H,(H2,15,16). The van der Waals surface area contributed by atoms with Crippen molar-refractivity contribution in [2.75, 3.05) is 11.5 Å². The first-order chi connectivity index (χ1) is 15.8. The van der Waals surface area contributed by atoms with Gasteiger partial charge < -0.3 is 11.5 Å². The van der Waals surface area contributed by atoms with E-state index in [1.54, 1.807) is 0 Å².